The molecule has 0 spiro atoms. The molecule has 1 amide bonds. The molecular weight excluding hydrogens is 242 g/mol. The number of Topliss-reactive ketones (excluding diaryl/α,β-unsaturated/α-hetero) is 2. The Morgan fingerprint density at radius 2 is 1.79 bits per heavy atom. The van der Waals surface area contributed by atoms with E-state index < -0.39 is 17.7 Å². The fraction of sp³-hybridized carbons (Fsp3) is 0.133. The minimum atomic E-state index is -0.773. The summed E-state index contributed by atoms with van der Waals surface area (Å²) in [5, 5.41) is 0. The largest absolute Gasteiger partial charge is 0.369 e. The maximum Gasteiger partial charge on any atom is 0.225 e. The Balaban J connectivity index is 2.21. The number of hydrogen-bond acceptors (Lipinski definition) is 3. The Bertz CT molecular complexity index is 670. The molecule has 2 aliphatic rings. The summed E-state index contributed by atoms with van der Waals surface area (Å²) in [5.74, 6) is -2.52. The SMILES string of the molecule is NC(=O)C1C=CC=C2C(=O)c3ccccc3C(=O)C21. The molecule has 4 heteroatoms. The van der Waals surface area contributed by atoms with Gasteiger partial charge in [-0.05, 0) is 0 Å². The van der Waals surface area contributed by atoms with Crippen LogP contribution in [0.1, 0.15) is 20.7 Å². The molecule has 0 saturated heterocycles. The Kier molecular flexibility index (Phi) is 2.45. The van der Waals surface area contributed by atoms with Crippen molar-refractivity contribution in [3.63, 3.8) is 0 Å². The molecule has 2 aliphatic carbocycles. The lowest BCUT2D eigenvalue weighted by Crippen LogP contribution is -2.40. The summed E-state index contributed by atoms with van der Waals surface area (Å²) in [7, 11) is 0. The molecule has 3 rings (SSSR count). The zero-order chi connectivity index (χ0) is 13.6. The number of nitrogens with two attached hydrogens (primary N) is 1. The highest BCUT2D eigenvalue weighted by Crippen LogP contribution is 2.37. The number of hydrogen-bond donors (Lipinski definition) is 1. The smallest absolute Gasteiger partial charge is 0.225 e. The van der Waals surface area contributed by atoms with Gasteiger partial charge in [-0.15, -0.1) is 0 Å². The maximum atomic E-state index is 12.5. The molecule has 1 aromatic rings. The second kappa shape index (κ2) is 4.02. The van der Waals surface area contributed by atoms with E-state index in [0.29, 0.717) is 16.7 Å². The molecule has 2 N–H and O–H groups in total. The summed E-state index contributed by atoms with van der Waals surface area (Å²) in [5.41, 5.74) is 6.45. The van der Waals surface area contributed by atoms with Gasteiger partial charge in [0.15, 0.2) is 11.6 Å². The lowest BCUT2D eigenvalue weighted by atomic mass is 9.70. The first-order chi connectivity index (χ1) is 9.11. The van der Waals surface area contributed by atoms with E-state index in [9.17, 15) is 14.4 Å². The lowest BCUT2D eigenvalue weighted by molar-refractivity contribution is -0.121. The number of fused-ring (bicyclic) bond motifs is 2. The highest BCUT2D eigenvalue weighted by atomic mass is 16.2. The van der Waals surface area contributed by atoms with Gasteiger partial charge in [0.05, 0.1) is 11.8 Å². The van der Waals surface area contributed by atoms with E-state index in [4.69, 9.17) is 5.73 Å². The molecule has 4 nitrogen and oxygen atoms in total. The highest BCUT2D eigenvalue weighted by molar-refractivity contribution is 6.24. The number of amides is 1. The lowest BCUT2D eigenvalue weighted by Gasteiger charge is -2.30. The molecular formula is C15H11NO3. The zero-order valence-electron chi connectivity index (χ0n) is 10.00. The summed E-state index contributed by atoms with van der Waals surface area (Å²) < 4.78 is 0. The minimum absolute atomic E-state index is 0.198. The molecule has 0 radical (unpaired) electrons. The van der Waals surface area contributed by atoms with E-state index in [0.717, 1.165) is 0 Å². The van der Waals surface area contributed by atoms with Crippen LogP contribution in [0.5, 0.6) is 0 Å². The maximum absolute atomic E-state index is 12.5. The van der Waals surface area contributed by atoms with Crippen molar-refractivity contribution in [1.29, 1.82) is 0 Å². The Morgan fingerprint density at radius 3 is 2.47 bits per heavy atom. The molecule has 94 valence electrons. The van der Waals surface area contributed by atoms with E-state index in [1.54, 1.807) is 42.5 Å². The van der Waals surface area contributed by atoms with Crippen LogP contribution < -0.4 is 5.73 Å². The van der Waals surface area contributed by atoms with Crippen LogP contribution in [-0.2, 0) is 4.79 Å². The monoisotopic (exact) mass is 253 g/mol. The third-order valence-corrected chi connectivity index (χ3v) is 3.60. The van der Waals surface area contributed by atoms with Crippen LogP contribution in [-0.4, -0.2) is 17.5 Å². The van der Waals surface area contributed by atoms with Crippen molar-refractivity contribution < 1.29 is 14.4 Å². The van der Waals surface area contributed by atoms with Crippen molar-refractivity contribution >= 4 is 17.5 Å². The predicted molar refractivity (Wildman–Crippen MR) is 68.5 cm³/mol. The van der Waals surface area contributed by atoms with Crippen LogP contribution >= 0.6 is 0 Å². The summed E-state index contributed by atoms with van der Waals surface area (Å²) >= 11 is 0. The van der Waals surface area contributed by atoms with E-state index in [1.165, 1.54) is 0 Å². The van der Waals surface area contributed by atoms with Crippen LogP contribution in [0.25, 0.3) is 0 Å². The fourth-order valence-corrected chi connectivity index (χ4v) is 2.69. The number of benzene rings is 1. The van der Waals surface area contributed by atoms with Crippen LogP contribution in [0.3, 0.4) is 0 Å². The minimum Gasteiger partial charge on any atom is -0.369 e. The second-order valence-corrected chi connectivity index (χ2v) is 4.65. The highest BCUT2D eigenvalue weighted by Gasteiger charge is 2.43. The number of ketones is 2. The van der Waals surface area contributed by atoms with Crippen LogP contribution in [0.4, 0.5) is 0 Å². The third-order valence-electron chi connectivity index (χ3n) is 3.60. The topological polar surface area (TPSA) is 77.2 Å². The van der Waals surface area contributed by atoms with Gasteiger partial charge in [-0.2, -0.15) is 0 Å². The number of rotatable bonds is 1. The van der Waals surface area contributed by atoms with Gasteiger partial charge >= 0.3 is 0 Å². The van der Waals surface area contributed by atoms with Gasteiger partial charge in [0.25, 0.3) is 0 Å². The van der Waals surface area contributed by atoms with E-state index in [-0.39, 0.29) is 11.6 Å². The van der Waals surface area contributed by atoms with Gasteiger partial charge in [-0.25, -0.2) is 0 Å². The second-order valence-electron chi connectivity index (χ2n) is 4.65. The Labute approximate surface area is 109 Å². The molecule has 0 aromatic heterocycles. The van der Waals surface area contributed by atoms with Gasteiger partial charge < -0.3 is 5.73 Å². The fourth-order valence-electron chi connectivity index (χ4n) is 2.69. The van der Waals surface area contributed by atoms with Gasteiger partial charge in [-0.3, -0.25) is 14.4 Å². The first-order valence-corrected chi connectivity index (χ1v) is 5.97. The van der Waals surface area contributed by atoms with E-state index in [2.05, 4.69) is 0 Å². The van der Waals surface area contributed by atoms with Crippen molar-refractivity contribution in [2.45, 2.75) is 0 Å². The predicted octanol–water partition coefficient (Wildman–Crippen LogP) is 1.28. The number of carbonyl (C=O) groups is 3. The quantitative estimate of drug-likeness (QED) is 0.819. The molecule has 1 aromatic carbocycles. The number of carbonyl (C=O) groups excluding carboxylic acids is 3. The average Bonchev–Trinajstić information content (AvgIpc) is 2.44. The van der Waals surface area contributed by atoms with Crippen molar-refractivity contribution in [3.05, 3.63) is 59.2 Å². The third kappa shape index (κ3) is 1.57. The first-order valence-electron chi connectivity index (χ1n) is 5.97. The molecule has 19 heavy (non-hydrogen) atoms. The first kappa shape index (κ1) is 11.6. The number of primary amides is 1. The van der Waals surface area contributed by atoms with Gasteiger partial charge in [0, 0.05) is 16.7 Å². The summed E-state index contributed by atoms with van der Waals surface area (Å²) in [6.45, 7) is 0. The summed E-state index contributed by atoms with van der Waals surface area (Å²) in [6, 6.07) is 6.67. The molecule has 0 fully saturated rings. The molecule has 0 bridgehead atoms. The van der Waals surface area contributed by atoms with Crippen molar-refractivity contribution in [1.82, 2.24) is 0 Å². The standard InChI is InChI=1S/C15H11NO3/c16-15(19)11-7-3-6-10-12(11)14(18)9-5-2-1-4-8(9)13(10)17/h1-7,11-12H,(H2,16,19). The molecule has 0 heterocycles. The Morgan fingerprint density at radius 1 is 1.11 bits per heavy atom. The Hall–Kier alpha value is -2.49. The van der Waals surface area contributed by atoms with Crippen LogP contribution in [0.2, 0.25) is 0 Å². The summed E-state index contributed by atoms with van der Waals surface area (Å²) in [6.07, 6.45) is 4.79. The molecule has 2 atom stereocenters. The van der Waals surface area contributed by atoms with E-state index >= 15 is 0 Å². The van der Waals surface area contributed by atoms with Gasteiger partial charge in [0.2, 0.25) is 5.91 Å². The van der Waals surface area contributed by atoms with Crippen LogP contribution in [0, 0.1) is 11.8 Å². The average molecular weight is 253 g/mol. The normalized spacial score (nSPS) is 24.5. The van der Waals surface area contributed by atoms with Gasteiger partial charge in [-0.1, -0.05) is 42.5 Å². The van der Waals surface area contributed by atoms with Crippen molar-refractivity contribution in [2.75, 3.05) is 0 Å². The van der Waals surface area contributed by atoms with Crippen molar-refractivity contribution in [3.8, 4) is 0 Å². The molecule has 0 aliphatic heterocycles. The molecule has 0 saturated carbocycles. The van der Waals surface area contributed by atoms with Crippen molar-refractivity contribution in [2.24, 2.45) is 17.6 Å². The van der Waals surface area contributed by atoms with Gasteiger partial charge in [0.1, 0.15) is 0 Å². The number of allylic oxidation sites excluding steroid dienone is 3. The molecule has 2 unspecified atom stereocenters. The summed E-state index contributed by atoms with van der Waals surface area (Å²) in [4.78, 5) is 36.3. The van der Waals surface area contributed by atoms with E-state index in [1.807, 2.05) is 0 Å². The van der Waals surface area contributed by atoms with Crippen LogP contribution in [0.15, 0.2) is 48.1 Å². The zero-order valence-corrected chi connectivity index (χ0v) is 10.00.